The molecule has 0 aliphatic heterocycles. The fourth-order valence-electron chi connectivity index (χ4n) is 2.32. The zero-order valence-corrected chi connectivity index (χ0v) is 15.9. The fraction of sp³-hybridized carbons (Fsp3) is 0.647. The summed E-state index contributed by atoms with van der Waals surface area (Å²) >= 11 is 0. The summed E-state index contributed by atoms with van der Waals surface area (Å²) in [5, 5.41) is 0. The number of hydrogen-bond acceptors (Lipinski definition) is 3. The van der Waals surface area contributed by atoms with E-state index < -0.39 is 16.8 Å². The Morgan fingerprint density at radius 3 is 2.00 bits per heavy atom. The molecular weight excluding hydrogens is 350 g/mol. The molecule has 0 N–H and O–H groups in total. The van der Waals surface area contributed by atoms with Crippen LogP contribution in [0.3, 0.4) is 0 Å². The fourth-order valence-corrected chi connectivity index (χ4v) is 3.75. The lowest BCUT2D eigenvalue weighted by atomic mass is 10.2. The second-order valence-electron chi connectivity index (χ2n) is 5.89. The highest BCUT2D eigenvalue weighted by Crippen LogP contribution is 2.18. The van der Waals surface area contributed by atoms with Crippen molar-refractivity contribution < 1.29 is 21.9 Å². The summed E-state index contributed by atoms with van der Waals surface area (Å²) in [5.41, 5.74) is 0.707. The van der Waals surface area contributed by atoms with Gasteiger partial charge in [-0.05, 0) is 30.5 Å². The molecule has 5 nitrogen and oxygen atoms in total. The molecule has 8 heteroatoms. The zero-order valence-electron chi connectivity index (χ0n) is 15.1. The van der Waals surface area contributed by atoms with E-state index in [4.69, 9.17) is 0 Å². The Morgan fingerprint density at radius 2 is 1.56 bits per heavy atom. The van der Waals surface area contributed by atoms with E-state index in [-0.39, 0.29) is 12.3 Å². The van der Waals surface area contributed by atoms with Gasteiger partial charge in [0.05, 0.1) is 0 Å². The summed E-state index contributed by atoms with van der Waals surface area (Å²) in [6.07, 6.45) is 3.48. The largest absolute Gasteiger partial charge is 0.435 e. The van der Waals surface area contributed by atoms with Crippen molar-refractivity contribution in [3.05, 3.63) is 29.8 Å². The van der Waals surface area contributed by atoms with Crippen LogP contribution in [0.25, 0.3) is 0 Å². The van der Waals surface area contributed by atoms with E-state index in [9.17, 15) is 17.2 Å². The standard InChI is InChI=1S/C17H28F2N2O3S/c1-4-6-12-21(13-7-5-2)25(22,23)20(3)14-15-8-10-16(11-9-15)24-17(18)19/h8-11,17H,4-7,12-14H2,1-3H3. The molecule has 25 heavy (non-hydrogen) atoms. The van der Waals surface area contributed by atoms with Gasteiger partial charge in [-0.1, -0.05) is 38.8 Å². The molecule has 0 aliphatic carbocycles. The van der Waals surface area contributed by atoms with Gasteiger partial charge in [-0.3, -0.25) is 0 Å². The molecule has 0 heterocycles. The number of rotatable bonds is 12. The molecule has 0 saturated heterocycles. The van der Waals surface area contributed by atoms with Crippen molar-refractivity contribution in [1.82, 2.24) is 8.61 Å². The summed E-state index contributed by atoms with van der Waals surface area (Å²) in [5.74, 6) is 0.0526. The third kappa shape index (κ3) is 7.25. The van der Waals surface area contributed by atoms with Crippen LogP contribution >= 0.6 is 0 Å². The molecular formula is C17H28F2N2O3S. The predicted molar refractivity (Wildman–Crippen MR) is 94.8 cm³/mol. The first-order valence-electron chi connectivity index (χ1n) is 8.56. The molecule has 0 bridgehead atoms. The molecule has 0 radical (unpaired) electrons. The average molecular weight is 378 g/mol. The number of nitrogens with zero attached hydrogens (tertiary/aromatic N) is 2. The van der Waals surface area contributed by atoms with Crippen LogP contribution in [0.1, 0.15) is 45.1 Å². The van der Waals surface area contributed by atoms with E-state index in [0.717, 1.165) is 25.7 Å². The number of alkyl halides is 2. The van der Waals surface area contributed by atoms with Crippen LogP contribution in [0, 0.1) is 0 Å². The summed E-state index contributed by atoms with van der Waals surface area (Å²) in [6.45, 7) is 2.36. The first kappa shape index (κ1) is 21.8. The van der Waals surface area contributed by atoms with Gasteiger partial charge in [0.25, 0.3) is 10.2 Å². The monoisotopic (exact) mass is 378 g/mol. The Morgan fingerprint density at radius 1 is 1.04 bits per heavy atom. The maximum absolute atomic E-state index is 12.8. The second kappa shape index (κ2) is 10.7. The van der Waals surface area contributed by atoms with Gasteiger partial charge in [-0.2, -0.15) is 25.8 Å². The number of hydrogen-bond donors (Lipinski definition) is 0. The van der Waals surface area contributed by atoms with E-state index in [0.29, 0.717) is 18.7 Å². The van der Waals surface area contributed by atoms with Crippen molar-refractivity contribution in [3.8, 4) is 5.75 Å². The Kier molecular flexibility index (Phi) is 9.31. The first-order chi connectivity index (χ1) is 11.8. The third-order valence-corrected chi connectivity index (χ3v) is 5.73. The molecule has 0 atom stereocenters. The van der Waals surface area contributed by atoms with Crippen LogP contribution in [0.2, 0.25) is 0 Å². The number of benzene rings is 1. The lowest BCUT2D eigenvalue weighted by molar-refractivity contribution is -0.0498. The smallest absolute Gasteiger partial charge is 0.387 e. The van der Waals surface area contributed by atoms with Gasteiger partial charge in [0.15, 0.2) is 0 Å². The van der Waals surface area contributed by atoms with Crippen LogP contribution < -0.4 is 4.74 Å². The van der Waals surface area contributed by atoms with Gasteiger partial charge in [0.2, 0.25) is 0 Å². The average Bonchev–Trinajstić information content (AvgIpc) is 2.56. The summed E-state index contributed by atoms with van der Waals surface area (Å²) in [4.78, 5) is 0. The SMILES string of the molecule is CCCCN(CCCC)S(=O)(=O)N(C)Cc1ccc(OC(F)F)cc1. The number of ether oxygens (including phenoxy) is 1. The normalized spacial score (nSPS) is 12.3. The Bertz CT molecular complexity index is 586. The van der Waals surface area contributed by atoms with Gasteiger partial charge in [0.1, 0.15) is 5.75 Å². The zero-order chi connectivity index (χ0) is 18.9. The minimum Gasteiger partial charge on any atom is -0.435 e. The quantitative estimate of drug-likeness (QED) is 0.555. The maximum atomic E-state index is 12.8. The van der Waals surface area contributed by atoms with Crippen molar-refractivity contribution in [1.29, 1.82) is 0 Å². The molecule has 0 aliphatic rings. The lowest BCUT2D eigenvalue weighted by Crippen LogP contribution is -2.42. The van der Waals surface area contributed by atoms with Crippen molar-refractivity contribution in [2.45, 2.75) is 52.7 Å². The predicted octanol–water partition coefficient (Wildman–Crippen LogP) is 3.87. The van der Waals surface area contributed by atoms with Crippen molar-refractivity contribution in [2.24, 2.45) is 0 Å². The number of unbranched alkanes of at least 4 members (excludes halogenated alkanes) is 2. The van der Waals surface area contributed by atoms with Gasteiger partial charge >= 0.3 is 6.61 Å². The van der Waals surface area contributed by atoms with E-state index in [1.165, 1.54) is 27.8 Å². The van der Waals surface area contributed by atoms with Crippen LogP contribution in [-0.4, -0.2) is 43.8 Å². The van der Waals surface area contributed by atoms with Crippen LogP contribution in [0.5, 0.6) is 5.75 Å². The molecule has 1 rings (SSSR count). The van der Waals surface area contributed by atoms with Crippen molar-refractivity contribution in [2.75, 3.05) is 20.1 Å². The van der Waals surface area contributed by atoms with Crippen LogP contribution in [-0.2, 0) is 16.8 Å². The van der Waals surface area contributed by atoms with Gasteiger partial charge < -0.3 is 4.74 Å². The highest BCUT2D eigenvalue weighted by Gasteiger charge is 2.26. The topological polar surface area (TPSA) is 49.9 Å². The lowest BCUT2D eigenvalue weighted by Gasteiger charge is -2.27. The van der Waals surface area contributed by atoms with Gasteiger partial charge in [-0.15, -0.1) is 0 Å². The molecule has 0 unspecified atom stereocenters. The molecule has 0 aromatic heterocycles. The molecule has 1 aromatic carbocycles. The molecule has 0 saturated carbocycles. The highest BCUT2D eigenvalue weighted by molar-refractivity contribution is 7.86. The Balaban J connectivity index is 2.78. The van der Waals surface area contributed by atoms with Crippen molar-refractivity contribution >= 4 is 10.2 Å². The van der Waals surface area contributed by atoms with Crippen LogP contribution in [0.4, 0.5) is 8.78 Å². The first-order valence-corrected chi connectivity index (χ1v) is 9.96. The molecule has 144 valence electrons. The van der Waals surface area contributed by atoms with E-state index >= 15 is 0 Å². The van der Waals surface area contributed by atoms with E-state index in [2.05, 4.69) is 4.74 Å². The van der Waals surface area contributed by atoms with E-state index in [1.54, 1.807) is 12.1 Å². The van der Waals surface area contributed by atoms with Crippen LogP contribution in [0.15, 0.2) is 24.3 Å². The highest BCUT2D eigenvalue weighted by atomic mass is 32.2. The minimum atomic E-state index is -3.56. The molecule has 0 fully saturated rings. The summed E-state index contributed by atoms with van der Waals surface area (Å²) in [6, 6.07) is 6.00. The Labute approximate surface area is 149 Å². The molecule has 0 spiro atoms. The minimum absolute atomic E-state index is 0.0526. The third-order valence-electron chi connectivity index (χ3n) is 3.80. The van der Waals surface area contributed by atoms with Gasteiger partial charge in [0, 0.05) is 26.7 Å². The Hall–Kier alpha value is -1.25. The molecule has 0 amide bonds. The van der Waals surface area contributed by atoms with E-state index in [1.807, 2.05) is 13.8 Å². The number of halogens is 2. The molecule has 1 aromatic rings. The van der Waals surface area contributed by atoms with Gasteiger partial charge in [-0.25, -0.2) is 0 Å². The maximum Gasteiger partial charge on any atom is 0.387 e. The summed E-state index contributed by atoms with van der Waals surface area (Å²) in [7, 11) is -2.03. The second-order valence-corrected chi connectivity index (χ2v) is 7.93. The summed E-state index contributed by atoms with van der Waals surface area (Å²) < 4.78 is 57.0. The van der Waals surface area contributed by atoms with Crippen molar-refractivity contribution in [3.63, 3.8) is 0 Å².